The van der Waals surface area contributed by atoms with Crippen LogP contribution >= 0.6 is 0 Å². The zero-order valence-corrected chi connectivity index (χ0v) is 15.6. The summed E-state index contributed by atoms with van der Waals surface area (Å²) in [6.07, 6.45) is 2.41. The number of imidazole rings is 1. The maximum absolute atomic E-state index is 12.5. The van der Waals surface area contributed by atoms with E-state index in [1.165, 1.54) is 4.31 Å². The molecule has 3 rings (SSSR count). The van der Waals surface area contributed by atoms with Gasteiger partial charge in [-0.05, 0) is 38.8 Å². The summed E-state index contributed by atoms with van der Waals surface area (Å²) in [4.78, 5) is 17.1. The van der Waals surface area contributed by atoms with Crippen molar-refractivity contribution in [3.05, 3.63) is 30.1 Å². The third-order valence-corrected chi connectivity index (χ3v) is 5.83. The number of nitrogens with zero attached hydrogens (tertiary/aromatic N) is 3. The van der Waals surface area contributed by atoms with E-state index in [0.29, 0.717) is 19.4 Å². The lowest BCUT2D eigenvalue weighted by molar-refractivity contribution is -0.124. The Morgan fingerprint density at radius 1 is 1.36 bits per heavy atom. The molecule has 1 amide bonds. The fraction of sp³-hybridized carbons (Fsp3) is 0.529. The van der Waals surface area contributed by atoms with Gasteiger partial charge in [0.25, 0.3) is 0 Å². The lowest BCUT2D eigenvalue weighted by Gasteiger charge is -2.21. The van der Waals surface area contributed by atoms with Gasteiger partial charge in [-0.15, -0.1) is 0 Å². The number of amides is 1. The first-order valence-electron chi connectivity index (χ1n) is 8.49. The monoisotopic (exact) mass is 364 g/mol. The summed E-state index contributed by atoms with van der Waals surface area (Å²) in [6, 6.07) is 7.45. The van der Waals surface area contributed by atoms with Crippen molar-refractivity contribution in [2.24, 2.45) is 0 Å². The number of hydrogen-bond donors (Lipinski definition) is 1. The highest BCUT2D eigenvalue weighted by molar-refractivity contribution is 7.88. The third-order valence-electron chi connectivity index (χ3n) is 4.54. The Hall–Kier alpha value is -1.93. The number of nitrogens with one attached hydrogen (secondary N) is 1. The van der Waals surface area contributed by atoms with Crippen LogP contribution in [-0.4, -0.2) is 47.0 Å². The van der Waals surface area contributed by atoms with Crippen molar-refractivity contribution in [2.75, 3.05) is 12.8 Å². The van der Waals surface area contributed by atoms with Crippen molar-refractivity contribution in [3.63, 3.8) is 0 Å². The zero-order valence-electron chi connectivity index (χ0n) is 14.8. The Bertz CT molecular complexity index is 888. The number of aromatic nitrogens is 2. The minimum Gasteiger partial charge on any atom is -0.347 e. The maximum Gasteiger partial charge on any atom is 0.238 e. The summed E-state index contributed by atoms with van der Waals surface area (Å²) >= 11 is 0. The summed E-state index contributed by atoms with van der Waals surface area (Å²) in [6.45, 7) is 4.82. The van der Waals surface area contributed by atoms with E-state index in [1.807, 2.05) is 24.3 Å². The van der Waals surface area contributed by atoms with Gasteiger partial charge in [-0.3, -0.25) is 4.79 Å². The molecule has 0 saturated carbocycles. The number of sulfonamides is 1. The SMILES string of the molecule is CC(C)n1c(CNC(=O)[C@@H]2CCCN2S(C)(=O)=O)nc2ccccc21. The van der Waals surface area contributed by atoms with Crippen LogP contribution in [0.15, 0.2) is 24.3 Å². The molecule has 8 heteroatoms. The number of rotatable bonds is 5. The predicted molar refractivity (Wildman–Crippen MR) is 96.5 cm³/mol. The average molecular weight is 364 g/mol. The van der Waals surface area contributed by atoms with Crippen LogP contribution in [0.4, 0.5) is 0 Å². The molecule has 25 heavy (non-hydrogen) atoms. The second-order valence-corrected chi connectivity index (χ2v) is 8.67. The molecule has 1 aliphatic heterocycles. The number of benzene rings is 1. The Morgan fingerprint density at radius 3 is 2.76 bits per heavy atom. The Labute approximate surface area is 148 Å². The first-order valence-corrected chi connectivity index (χ1v) is 10.3. The van der Waals surface area contributed by atoms with Crippen LogP contribution in [0.1, 0.15) is 38.6 Å². The smallest absolute Gasteiger partial charge is 0.238 e. The van der Waals surface area contributed by atoms with E-state index in [1.54, 1.807) is 0 Å². The van der Waals surface area contributed by atoms with E-state index in [9.17, 15) is 13.2 Å². The second-order valence-electron chi connectivity index (χ2n) is 6.73. The standard InChI is InChI=1S/C17H24N4O3S/c1-12(2)21-14-8-5-4-7-13(14)19-16(21)11-18-17(22)15-9-6-10-20(15)25(3,23)24/h4-5,7-8,12,15H,6,9-11H2,1-3H3,(H,18,22)/t15-/m0/s1. The van der Waals surface area contributed by atoms with E-state index in [0.717, 1.165) is 23.1 Å². The normalized spacial score (nSPS) is 19.0. The van der Waals surface area contributed by atoms with E-state index in [-0.39, 0.29) is 18.5 Å². The van der Waals surface area contributed by atoms with Crippen molar-refractivity contribution in [1.82, 2.24) is 19.2 Å². The van der Waals surface area contributed by atoms with Crippen molar-refractivity contribution < 1.29 is 13.2 Å². The molecular weight excluding hydrogens is 340 g/mol. The minimum atomic E-state index is -3.37. The summed E-state index contributed by atoms with van der Waals surface area (Å²) in [5.74, 6) is 0.513. The topological polar surface area (TPSA) is 84.3 Å². The van der Waals surface area contributed by atoms with E-state index in [2.05, 4.69) is 28.7 Å². The molecule has 2 heterocycles. The lowest BCUT2D eigenvalue weighted by atomic mass is 10.2. The van der Waals surface area contributed by atoms with Gasteiger partial charge in [0, 0.05) is 12.6 Å². The van der Waals surface area contributed by atoms with Crippen LogP contribution < -0.4 is 5.32 Å². The summed E-state index contributed by atoms with van der Waals surface area (Å²) in [5.41, 5.74) is 1.92. The minimum absolute atomic E-state index is 0.207. The molecule has 136 valence electrons. The summed E-state index contributed by atoms with van der Waals surface area (Å²) in [5, 5.41) is 2.87. The number of fused-ring (bicyclic) bond motifs is 1. The van der Waals surface area contributed by atoms with Crippen molar-refractivity contribution in [3.8, 4) is 0 Å². The highest BCUT2D eigenvalue weighted by atomic mass is 32.2. The molecule has 0 bridgehead atoms. The molecule has 1 aliphatic rings. The number of carbonyl (C=O) groups is 1. The number of carbonyl (C=O) groups excluding carboxylic acids is 1. The molecule has 2 aromatic rings. The van der Waals surface area contributed by atoms with Gasteiger partial charge in [-0.2, -0.15) is 4.31 Å². The summed E-state index contributed by atoms with van der Waals surface area (Å²) < 4.78 is 27.0. The van der Waals surface area contributed by atoms with Crippen LogP contribution in [0, 0.1) is 0 Å². The van der Waals surface area contributed by atoms with Gasteiger partial charge in [-0.1, -0.05) is 12.1 Å². The van der Waals surface area contributed by atoms with E-state index < -0.39 is 16.1 Å². The van der Waals surface area contributed by atoms with Crippen LogP contribution in [-0.2, 0) is 21.4 Å². The summed E-state index contributed by atoms with van der Waals surface area (Å²) in [7, 11) is -3.37. The average Bonchev–Trinajstić information content (AvgIpc) is 3.16. The molecule has 1 N–H and O–H groups in total. The van der Waals surface area contributed by atoms with Gasteiger partial charge in [0.15, 0.2) is 0 Å². The highest BCUT2D eigenvalue weighted by Gasteiger charge is 2.36. The molecular formula is C17H24N4O3S. The molecule has 0 radical (unpaired) electrons. The number of para-hydroxylation sites is 2. The quantitative estimate of drug-likeness (QED) is 0.874. The first kappa shape index (κ1) is 17.9. The molecule has 0 unspecified atom stereocenters. The third kappa shape index (κ3) is 3.55. The molecule has 1 aromatic heterocycles. The van der Waals surface area contributed by atoms with Gasteiger partial charge in [0.05, 0.1) is 23.8 Å². The van der Waals surface area contributed by atoms with Gasteiger partial charge >= 0.3 is 0 Å². The van der Waals surface area contributed by atoms with Gasteiger partial charge in [-0.25, -0.2) is 13.4 Å². The zero-order chi connectivity index (χ0) is 18.2. The second kappa shape index (κ2) is 6.76. The lowest BCUT2D eigenvalue weighted by Crippen LogP contribution is -2.45. The van der Waals surface area contributed by atoms with Crippen LogP contribution in [0.5, 0.6) is 0 Å². The Morgan fingerprint density at radius 2 is 2.08 bits per heavy atom. The van der Waals surface area contributed by atoms with E-state index in [4.69, 9.17) is 0 Å². The molecule has 7 nitrogen and oxygen atoms in total. The van der Waals surface area contributed by atoms with Gasteiger partial charge in [0.2, 0.25) is 15.9 Å². The predicted octanol–water partition coefficient (Wildman–Crippen LogP) is 1.66. The highest BCUT2D eigenvalue weighted by Crippen LogP contribution is 2.22. The molecule has 1 saturated heterocycles. The van der Waals surface area contributed by atoms with Crippen molar-refractivity contribution in [2.45, 2.75) is 45.3 Å². The number of hydrogen-bond acceptors (Lipinski definition) is 4. The van der Waals surface area contributed by atoms with E-state index >= 15 is 0 Å². The molecule has 0 spiro atoms. The fourth-order valence-electron chi connectivity index (χ4n) is 3.48. The van der Waals surface area contributed by atoms with Crippen LogP contribution in [0.3, 0.4) is 0 Å². The first-order chi connectivity index (χ1) is 11.8. The molecule has 0 aliphatic carbocycles. The Balaban J connectivity index is 1.79. The maximum atomic E-state index is 12.5. The van der Waals surface area contributed by atoms with Crippen molar-refractivity contribution in [1.29, 1.82) is 0 Å². The van der Waals surface area contributed by atoms with Crippen molar-refractivity contribution >= 4 is 27.0 Å². The molecule has 1 aromatic carbocycles. The Kier molecular flexibility index (Phi) is 4.83. The largest absolute Gasteiger partial charge is 0.347 e. The van der Waals surface area contributed by atoms with Crippen LogP contribution in [0.2, 0.25) is 0 Å². The fourth-order valence-corrected chi connectivity index (χ4v) is 4.60. The van der Waals surface area contributed by atoms with Crippen LogP contribution in [0.25, 0.3) is 11.0 Å². The molecule has 1 atom stereocenters. The molecule has 1 fully saturated rings. The van der Waals surface area contributed by atoms with Gasteiger partial charge < -0.3 is 9.88 Å². The van der Waals surface area contributed by atoms with Gasteiger partial charge in [0.1, 0.15) is 11.9 Å².